The summed E-state index contributed by atoms with van der Waals surface area (Å²) in [6.07, 6.45) is 0. The first-order valence-corrected chi connectivity index (χ1v) is 19.3. The fourth-order valence-corrected chi connectivity index (χ4v) is 7.66. The van der Waals surface area contributed by atoms with Crippen molar-refractivity contribution in [1.82, 2.24) is 0 Å². The van der Waals surface area contributed by atoms with E-state index in [1.54, 1.807) is 45.4 Å². The highest BCUT2D eigenvalue weighted by atomic mass is 16.5. The van der Waals surface area contributed by atoms with E-state index in [1.165, 1.54) is 15.9 Å². The Balaban J connectivity index is 0.000000204. The molecule has 2 heterocycles. The molecule has 59 heavy (non-hydrogen) atoms. The molecule has 0 unspecified atom stereocenters. The minimum atomic E-state index is -1.92. The number of amides is 2. The lowest BCUT2D eigenvalue weighted by Crippen LogP contribution is -2.70. The van der Waals surface area contributed by atoms with Crippen LogP contribution in [0.25, 0.3) is 0 Å². The molecule has 5 aromatic rings. The molecule has 0 spiro atoms. The summed E-state index contributed by atoms with van der Waals surface area (Å²) < 4.78 is 16.9. The van der Waals surface area contributed by atoms with Gasteiger partial charge in [-0.25, -0.2) is 0 Å². The molecule has 0 radical (unpaired) electrons. The topological polar surface area (TPSA) is 169 Å². The van der Waals surface area contributed by atoms with Crippen LogP contribution in [0.15, 0.2) is 91.0 Å². The highest BCUT2D eigenvalue weighted by Gasteiger charge is 2.62. The third kappa shape index (κ3) is 7.60. The van der Waals surface area contributed by atoms with Gasteiger partial charge in [0.05, 0.1) is 27.4 Å². The number of hydrogen-bond donors (Lipinski definition) is 5. The van der Waals surface area contributed by atoms with Crippen LogP contribution < -0.4 is 24.0 Å². The van der Waals surface area contributed by atoms with E-state index in [0.717, 1.165) is 33.4 Å². The van der Waals surface area contributed by atoms with Gasteiger partial charge in [-0.1, -0.05) is 54.6 Å². The monoisotopic (exact) mass is 804 g/mol. The number of β-lactam (4-membered cyclic amide) rings is 2. The van der Waals surface area contributed by atoms with Gasteiger partial charge in [-0.15, -0.1) is 0 Å². The van der Waals surface area contributed by atoms with Crippen LogP contribution in [0.2, 0.25) is 0 Å². The molecule has 5 aromatic carbocycles. The van der Waals surface area contributed by atoms with Crippen LogP contribution in [0.4, 0.5) is 11.4 Å². The summed E-state index contributed by atoms with van der Waals surface area (Å²) in [4.78, 5) is 28.6. The summed E-state index contributed by atoms with van der Waals surface area (Å²) in [5.74, 6) is 0.890. The van der Waals surface area contributed by atoms with Crippen LogP contribution in [0.3, 0.4) is 0 Å². The number of aliphatic hydroxyl groups excluding tert-OH is 2. The van der Waals surface area contributed by atoms with Crippen molar-refractivity contribution >= 4 is 23.2 Å². The van der Waals surface area contributed by atoms with Crippen molar-refractivity contribution in [3.05, 3.63) is 141 Å². The number of ether oxygens (including phenoxy) is 3. The fraction of sp³-hybridized carbons (Fsp3) is 0.319. The molecule has 2 saturated heterocycles. The zero-order chi connectivity index (χ0) is 43.0. The largest absolute Gasteiger partial charge is 0.508 e. The van der Waals surface area contributed by atoms with Crippen molar-refractivity contribution in [3.63, 3.8) is 0 Å². The summed E-state index contributed by atoms with van der Waals surface area (Å²) in [6, 6.07) is 26.1. The number of anilines is 2. The molecule has 12 heteroatoms. The standard InChI is InChI=1S/C27H29NO5.C20H23NO5/c1-17-10-11-21(13-23(17)33-15-20-8-6-5-7-9-20)25-27(31,16-29)26(30)28(25)22-12-18(2)19(3)24(14-22)32-4;1-11-5-6-14(8-16(11)23)18-20(25,10-22)19(24)21(18)15-7-12(2)13(3)17(9-15)26-4/h5-14,25,29,31H,15-16H2,1-4H3;5-9,18,22-23,25H,10H2,1-4H3/t25-,27-;18-,20-/m00/s1. The Kier molecular flexibility index (Phi) is 12.1. The highest BCUT2D eigenvalue weighted by molar-refractivity contribution is 6.09. The smallest absolute Gasteiger partial charge is 0.264 e. The second-order valence-electron chi connectivity index (χ2n) is 15.3. The zero-order valence-electron chi connectivity index (χ0n) is 34.6. The first-order chi connectivity index (χ1) is 28.0. The van der Waals surface area contributed by atoms with Gasteiger partial charge >= 0.3 is 0 Å². The molecule has 0 saturated carbocycles. The van der Waals surface area contributed by atoms with Gasteiger partial charge in [0.2, 0.25) is 0 Å². The molecule has 0 aliphatic carbocycles. The second kappa shape index (κ2) is 16.7. The Hall–Kier alpha value is -5.92. The van der Waals surface area contributed by atoms with E-state index in [2.05, 4.69) is 0 Å². The molecule has 2 aliphatic heterocycles. The Labute approximate surface area is 344 Å². The van der Waals surface area contributed by atoms with Crippen molar-refractivity contribution in [2.24, 2.45) is 0 Å². The number of benzene rings is 5. The van der Waals surface area contributed by atoms with Crippen molar-refractivity contribution in [3.8, 4) is 23.0 Å². The SMILES string of the molecule is COc1cc(N2C(=O)[C@](O)(CO)[C@@H]2c2ccc(C)c(O)c2)cc(C)c1C.COc1cc(N2C(=O)[C@](O)(CO)[C@@H]2c2ccc(C)c(OCc3ccccc3)c2)cc(C)c1C. The summed E-state index contributed by atoms with van der Waals surface area (Å²) in [5.41, 5.74) is 5.08. The molecule has 2 amide bonds. The second-order valence-corrected chi connectivity index (χ2v) is 15.3. The zero-order valence-corrected chi connectivity index (χ0v) is 34.6. The Bertz CT molecular complexity index is 2380. The van der Waals surface area contributed by atoms with E-state index < -0.39 is 48.3 Å². The molecule has 12 nitrogen and oxygen atoms in total. The van der Waals surface area contributed by atoms with Gasteiger partial charge in [0.25, 0.3) is 11.8 Å². The fourth-order valence-electron chi connectivity index (χ4n) is 7.66. The van der Waals surface area contributed by atoms with E-state index in [1.807, 2.05) is 95.3 Å². The van der Waals surface area contributed by atoms with Gasteiger partial charge < -0.3 is 39.7 Å². The Morgan fingerprint density at radius 1 is 0.576 bits per heavy atom. The first kappa shape index (κ1) is 42.7. The molecule has 2 fully saturated rings. The molecule has 4 atom stereocenters. The first-order valence-electron chi connectivity index (χ1n) is 19.3. The number of aromatic hydroxyl groups is 1. The average molecular weight is 805 g/mol. The Morgan fingerprint density at radius 2 is 1.03 bits per heavy atom. The molecule has 0 bridgehead atoms. The van der Waals surface area contributed by atoms with Gasteiger partial charge in [0, 0.05) is 23.5 Å². The maximum absolute atomic E-state index is 13.0. The lowest BCUT2D eigenvalue weighted by Gasteiger charge is -2.52. The summed E-state index contributed by atoms with van der Waals surface area (Å²) in [7, 11) is 3.14. The van der Waals surface area contributed by atoms with Crippen LogP contribution in [-0.2, 0) is 16.2 Å². The molecule has 5 N–H and O–H groups in total. The van der Waals surface area contributed by atoms with Crippen molar-refractivity contribution in [2.75, 3.05) is 37.2 Å². The molecular weight excluding hydrogens is 753 g/mol. The third-order valence-electron chi connectivity index (χ3n) is 11.6. The number of methoxy groups -OCH3 is 2. The van der Waals surface area contributed by atoms with Crippen LogP contribution in [-0.4, -0.2) is 76.0 Å². The van der Waals surface area contributed by atoms with Crippen LogP contribution in [0.1, 0.15) is 62.2 Å². The van der Waals surface area contributed by atoms with Gasteiger partial charge in [-0.2, -0.15) is 0 Å². The maximum Gasteiger partial charge on any atom is 0.264 e. The minimum Gasteiger partial charge on any atom is -0.508 e. The summed E-state index contributed by atoms with van der Waals surface area (Å²) >= 11 is 0. The summed E-state index contributed by atoms with van der Waals surface area (Å²) in [5, 5.41) is 51.3. The number of carbonyl (C=O) groups excluding carboxylic acids is 2. The van der Waals surface area contributed by atoms with E-state index >= 15 is 0 Å². The van der Waals surface area contributed by atoms with Gasteiger partial charge in [-0.3, -0.25) is 19.4 Å². The molecule has 0 aromatic heterocycles. The predicted molar refractivity (Wildman–Crippen MR) is 224 cm³/mol. The highest BCUT2D eigenvalue weighted by Crippen LogP contribution is 2.49. The number of phenols is 1. The van der Waals surface area contributed by atoms with Crippen LogP contribution in [0, 0.1) is 41.5 Å². The van der Waals surface area contributed by atoms with E-state index in [4.69, 9.17) is 14.2 Å². The number of rotatable bonds is 11. The van der Waals surface area contributed by atoms with Crippen LogP contribution >= 0.6 is 0 Å². The van der Waals surface area contributed by atoms with Gasteiger partial charge in [0.15, 0.2) is 11.2 Å². The number of phenolic OH excluding ortho intramolecular Hbond substituents is 1. The van der Waals surface area contributed by atoms with Crippen molar-refractivity contribution in [1.29, 1.82) is 0 Å². The van der Waals surface area contributed by atoms with E-state index in [9.17, 15) is 35.1 Å². The van der Waals surface area contributed by atoms with Gasteiger partial charge in [0.1, 0.15) is 41.7 Å². The predicted octanol–water partition coefficient (Wildman–Crippen LogP) is 6.15. The molecular formula is C47H52N2O10. The number of aliphatic hydroxyl groups is 4. The summed E-state index contributed by atoms with van der Waals surface area (Å²) in [6.45, 7) is 10.5. The molecule has 7 rings (SSSR count). The Morgan fingerprint density at radius 3 is 1.47 bits per heavy atom. The van der Waals surface area contributed by atoms with Crippen LogP contribution in [0.5, 0.6) is 23.0 Å². The van der Waals surface area contributed by atoms with Gasteiger partial charge in [-0.05, 0) is 116 Å². The minimum absolute atomic E-state index is 0.0692. The average Bonchev–Trinajstić information content (AvgIpc) is 3.24. The normalized spacial score (nSPS) is 20.9. The number of carbonyl (C=O) groups is 2. The van der Waals surface area contributed by atoms with Crippen molar-refractivity contribution in [2.45, 2.75) is 71.4 Å². The maximum atomic E-state index is 13.0. The quantitative estimate of drug-likeness (QED) is 0.0978. The molecule has 310 valence electrons. The van der Waals surface area contributed by atoms with E-state index in [0.29, 0.717) is 51.9 Å². The molecule has 2 aliphatic rings. The lowest BCUT2D eigenvalue weighted by atomic mass is 9.77. The lowest BCUT2D eigenvalue weighted by molar-refractivity contribution is -0.160. The van der Waals surface area contributed by atoms with E-state index in [-0.39, 0.29) is 5.75 Å². The number of aryl methyl sites for hydroxylation is 4. The third-order valence-corrected chi connectivity index (χ3v) is 11.6. The number of nitrogens with zero attached hydrogens (tertiary/aromatic N) is 2. The van der Waals surface area contributed by atoms with Crippen molar-refractivity contribution < 1.29 is 49.3 Å². The number of hydrogen-bond acceptors (Lipinski definition) is 10.